The summed E-state index contributed by atoms with van der Waals surface area (Å²) in [5.41, 5.74) is 3.49. The molecule has 7 heteroatoms. The van der Waals surface area contributed by atoms with E-state index in [1.807, 2.05) is 16.8 Å². The Kier molecular flexibility index (Phi) is 5.17. The van der Waals surface area contributed by atoms with Crippen molar-refractivity contribution in [2.45, 2.75) is 12.5 Å². The topological polar surface area (TPSA) is 57.7 Å². The Labute approximate surface area is 135 Å². The summed E-state index contributed by atoms with van der Waals surface area (Å²) in [7, 11) is 2.09. The molecule has 1 unspecified atom stereocenters. The smallest absolute Gasteiger partial charge is 0.267 e. The molecule has 1 amide bonds. The van der Waals surface area contributed by atoms with Gasteiger partial charge in [-0.05, 0) is 25.3 Å². The highest BCUT2D eigenvalue weighted by Gasteiger charge is 2.19. The maximum Gasteiger partial charge on any atom is 0.267 e. The highest BCUT2D eigenvalue weighted by atomic mass is 32.2. The predicted molar refractivity (Wildman–Crippen MR) is 87.1 cm³/mol. The van der Waals surface area contributed by atoms with Gasteiger partial charge in [0.25, 0.3) is 5.91 Å². The van der Waals surface area contributed by atoms with Crippen molar-refractivity contribution in [3.63, 3.8) is 0 Å². The van der Waals surface area contributed by atoms with Crippen molar-refractivity contribution in [3.8, 4) is 5.88 Å². The summed E-state index contributed by atoms with van der Waals surface area (Å²) >= 11 is 1.90. The second-order valence-electron chi connectivity index (χ2n) is 5.72. The van der Waals surface area contributed by atoms with E-state index in [0.29, 0.717) is 11.4 Å². The van der Waals surface area contributed by atoms with E-state index >= 15 is 0 Å². The molecule has 6 nitrogen and oxygen atoms in total. The van der Waals surface area contributed by atoms with Crippen molar-refractivity contribution in [3.05, 3.63) is 23.9 Å². The lowest BCUT2D eigenvalue weighted by atomic mass is 10.2. The van der Waals surface area contributed by atoms with Gasteiger partial charge in [-0.3, -0.25) is 10.2 Å². The maximum atomic E-state index is 12.2. The zero-order valence-corrected chi connectivity index (χ0v) is 13.6. The van der Waals surface area contributed by atoms with Gasteiger partial charge in [-0.15, -0.1) is 0 Å². The third-order valence-electron chi connectivity index (χ3n) is 3.94. The summed E-state index contributed by atoms with van der Waals surface area (Å²) in [5.74, 6) is 2.66. The standard InChI is InChI=1S/C15H22N4O2S/c1-18-5-7-19(8-6-18)17-15(20)12-2-3-14(16-10-12)21-13-4-9-22-11-13/h2-3,10,13H,4-9,11H2,1H3,(H,17,20). The quantitative estimate of drug-likeness (QED) is 0.887. The lowest BCUT2D eigenvalue weighted by molar-refractivity contribution is 0.0662. The number of amides is 1. The molecule has 0 bridgehead atoms. The van der Waals surface area contributed by atoms with Gasteiger partial charge in [-0.1, -0.05) is 0 Å². The van der Waals surface area contributed by atoms with Crippen LogP contribution in [0.5, 0.6) is 5.88 Å². The van der Waals surface area contributed by atoms with Gasteiger partial charge in [-0.2, -0.15) is 11.8 Å². The molecule has 22 heavy (non-hydrogen) atoms. The van der Waals surface area contributed by atoms with Gasteiger partial charge in [0.2, 0.25) is 5.88 Å². The monoisotopic (exact) mass is 322 g/mol. The lowest BCUT2D eigenvalue weighted by Gasteiger charge is -2.32. The number of hydrogen-bond acceptors (Lipinski definition) is 6. The number of piperazine rings is 1. The summed E-state index contributed by atoms with van der Waals surface area (Å²) in [4.78, 5) is 18.7. The third-order valence-corrected chi connectivity index (χ3v) is 5.07. The second-order valence-corrected chi connectivity index (χ2v) is 6.87. The second kappa shape index (κ2) is 7.30. The van der Waals surface area contributed by atoms with Gasteiger partial charge in [0.15, 0.2) is 0 Å². The minimum atomic E-state index is -0.111. The Morgan fingerprint density at radius 1 is 1.36 bits per heavy atom. The minimum absolute atomic E-state index is 0.111. The fourth-order valence-corrected chi connectivity index (χ4v) is 3.58. The third kappa shape index (κ3) is 4.12. The molecule has 1 aromatic heterocycles. The molecular formula is C15H22N4O2S. The van der Waals surface area contributed by atoms with E-state index in [4.69, 9.17) is 4.74 Å². The van der Waals surface area contributed by atoms with E-state index in [2.05, 4.69) is 22.4 Å². The average molecular weight is 322 g/mol. The van der Waals surface area contributed by atoms with Crippen LogP contribution in [0.3, 0.4) is 0 Å². The van der Waals surface area contributed by atoms with Gasteiger partial charge >= 0.3 is 0 Å². The molecule has 0 saturated carbocycles. The van der Waals surface area contributed by atoms with E-state index in [-0.39, 0.29) is 12.0 Å². The Bertz CT molecular complexity index is 497. The Morgan fingerprint density at radius 2 is 2.18 bits per heavy atom. The van der Waals surface area contributed by atoms with E-state index in [0.717, 1.165) is 44.1 Å². The highest BCUT2D eigenvalue weighted by molar-refractivity contribution is 7.99. The number of carbonyl (C=O) groups is 1. The summed E-state index contributed by atoms with van der Waals surface area (Å²) in [6.07, 6.45) is 2.91. The van der Waals surface area contributed by atoms with Crippen LogP contribution in [0.1, 0.15) is 16.8 Å². The molecule has 0 aromatic carbocycles. The number of nitrogens with zero attached hydrogens (tertiary/aromatic N) is 3. The first-order valence-electron chi connectivity index (χ1n) is 7.65. The Balaban J connectivity index is 1.51. The van der Waals surface area contributed by atoms with Crippen molar-refractivity contribution in [1.82, 2.24) is 20.3 Å². The number of pyridine rings is 1. The minimum Gasteiger partial charge on any atom is -0.473 e. The maximum absolute atomic E-state index is 12.2. The van der Waals surface area contributed by atoms with E-state index in [1.165, 1.54) is 0 Å². The molecule has 2 aliphatic heterocycles. The Morgan fingerprint density at radius 3 is 2.82 bits per heavy atom. The molecule has 2 saturated heterocycles. The summed E-state index contributed by atoms with van der Waals surface area (Å²) in [5, 5.41) is 1.96. The van der Waals surface area contributed by atoms with Gasteiger partial charge in [0, 0.05) is 44.2 Å². The molecule has 0 spiro atoms. The normalized spacial score (nSPS) is 23.4. The Hall–Kier alpha value is -1.31. The summed E-state index contributed by atoms with van der Waals surface area (Å²) < 4.78 is 5.79. The molecule has 2 aliphatic rings. The van der Waals surface area contributed by atoms with Crippen LogP contribution >= 0.6 is 11.8 Å². The molecule has 0 radical (unpaired) electrons. The number of hydrazine groups is 1. The number of nitrogens with one attached hydrogen (secondary N) is 1. The molecular weight excluding hydrogens is 300 g/mol. The first kappa shape index (κ1) is 15.6. The first-order valence-corrected chi connectivity index (χ1v) is 8.81. The fourth-order valence-electron chi connectivity index (χ4n) is 2.49. The van der Waals surface area contributed by atoms with Crippen molar-refractivity contribution in [1.29, 1.82) is 0 Å². The van der Waals surface area contributed by atoms with Crippen LogP contribution in [-0.4, -0.2) is 71.6 Å². The van der Waals surface area contributed by atoms with Crippen LogP contribution in [0, 0.1) is 0 Å². The van der Waals surface area contributed by atoms with E-state index in [9.17, 15) is 4.79 Å². The van der Waals surface area contributed by atoms with Crippen LogP contribution in [0.4, 0.5) is 0 Å². The SMILES string of the molecule is CN1CCN(NC(=O)c2ccc(OC3CCSC3)nc2)CC1. The molecule has 120 valence electrons. The number of hydrogen-bond donors (Lipinski definition) is 1. The highest BCUT2D eigenvalue weighted by Crippen LogP contribution is 2.21. The van der Waals surface area contributed by atoms with E-state index < -0.39 is 0 Å². The number of thioether (sulfide) groups is 1. The molecule has 3 rings (SSSR count). The van der Waals surface area contributed by atoms with Crippen molar-refractivity contribution >= 4 is 17.7 Å². The fraction of sp³-hybridized carbons (Fsp3) is 0.600. The summed E-state index contributed by atoms with van der Waals surface area (Å²) in [6, 6.07) is 3.55. The molecule has 3 heterocycles. The molecule has 1 aromatic rings. The van der Waals surface area contributed by atoms with Crippen molar-refractivity contribution in [2.75, 3.05) is 44.7 Å². The summed E-state index contributed by atoms with van der Waals surface area (Å²) in [6.45, 7) is 3.61. The van der Waals surface area contributed by atoms with Crippen LogP contribution in [0.2, 0.25) is 0 Å². The van der Waals surface area contributed by atoms with Gasteiger partial charge in [0.05, 0.1) is 5.56 Å². The zero-order valence-electron chi connectivity index (χ0n) is 12.8. The van der Waals surface area contributed by atoms with Crippen molar-refractivity contribution < 1.29 is 9.53 Å². The van der Waals surface area contributed by atoms with Gasteiger partial charge in [0.1, 0.15) is 6.10 Å². The molecule has 1 atom stereocenters. The van der Waals surface area contributed by atoms with Gasteiger partial charge < -0.3 is 9.64 Å². The molecule has 2 fully saturated rings. The van der Waals surface area contributed by atoms with Crippen LogP contribution in [0.25, 0.3) is 0 Å². The number of rotatable bonds is 4. The lowest BCUT2D eigenvalue weighted by Crippen LogP contribution is -2.52. The van der Waals surface area contributed by atoms with Crippen LogP contribution in [0.15, 0.2) is 18.3 Å². The number of aromatic nitrogens is 1. The molecule has 0 aliphatic carbocycles. The number of likely N-dealkylation sites (N-methyl/N-ethyl adjacent to an activating group) is 1. The van der Waals surface area contributed by atoms with Gasteiger partial charge in [-0.25, -0.2) is 9.99 Å². The number of ether oxygens (including phenoxy) is 1. The number of carbonyl (C=O) groups excluding carboxylic acids is 1. The largest absolute Gasteiger partial charge is 0.473 e. The van der Waals surface area contributed by atoms with Crippen molar-refractivity contribution in [2.24, 2.45) is 0 Å². The van der Waals surface area contributed by atoms with Crippen LogP contribution in [-0.2, 0) is 0 Å². The average Bonchev–Trinajstić information content (AvgIpc) is 3.03. The van der Waals surface area contributed by atoms with E-state index in [1.54, 1.807) is 18.3 Å². The first-order chi connectivity index (χ1) is 10.7. The van der Waals surface area contributed by atoms with Crippen LogP contribution < -0.4 is 10.2 Å². The molecule has 1 N–H and O–H groups in total. The zero-order chi connectivity index (χ0) is 15.4. The predicted octanol–water partition coefficient (Wildman–Crippen LogP) is 0.858.